The summed E-state index contributed by atoms with van der Waals surface area (Å²) in [5, 5.41) is 10.8. The van der Waals surface area contributed by atoms with Gasteiger partial charge in [-0.2, -0.15) is 13.2 Å². The number of ether oxygens (including phenoxy) is 2. The maximum absolute atomic E-state index is 12.0. The van der Waals surface area contributed by atoms with Gasteiger partial charge in [-0.1, -0.05) is 12.1 Å². The maximum atomic E-state index is 12.0. The summed E-state index contributed by atoms with van der Waals surface area (Å²) in [6, 6.07) is 8.60. The third kappa shape index (κ3) is 5.13. The summed E-state index contributed by atoms with van der Waals surface area (Å²) >= 11 is 0. The second kappa shape index (κ2) is 6.95. The lowest BCUT2D eigenvalue weighted by atomic mass is 10.3. The van der Waals surface area contributed by atoms with Crippen LogP contribution in [-0.2, 0) is 6.61 Å². The highest BCUT2D eigenvalue weighted by atomic mass is 19.4. The molecule has 0 aliphatic carbocycles. The monoisotopic (exact) mass is 328 g/mol. The molecule has 0 N–H and O–H groups in total. The molecule has 23 heavy (non-hydrogen) atoms. The van der Waals surface area contributed by atoms with Gasteiger partial charge in [0.2, 0.25) is 5.88 Å². The van der Waals surface area contributed by atoms with Gasteiger partial charge in [-0.25, -0.2) is 4.98 Å². The van der Waals surface area contributed by atoms with Gasteiger partial charge >= 0.3 is 11.9 Å². The number of hydrogen-bond donors (Lipinski definition) is 0. The highest BCUT2D eigenvalue weighted by Gasteiger charge is 2.28. The first kappa shape index (κ1) is 16.5. The maximum Gasteiger partial charge on any atom is 0.422 e. The smallest absolute Gasteiger partial charge is 0.422 e. The Hall–Kier alpha value is -2.84. The van der Waals surface area contributed by atoms with Crippen LogP contribution in [0.1, 0.15) is 5.56 Å². The fraction of sp³-hybridized carbons (Fsp3) is 0.214. The molecule has 0 saturated heterocycles. The van der Waals surface area contributed by atoms with Crippen molar-refractivity contribution >= 4 is 5.69 Å². The van der Waals surface area contributed by atoms with Crippen molar-refractivity contribution in [2.75, 3.05) is 6.61 Å². The lowest BCUT2D eigenvalue weighted by molar-refractivity contribution is -0.385. The minimum absolute atomic E-state index is 0.0165. The first-order chi connectivity index (χ1) is 10.8. The molecule has 0 unspecified atom stereocenters. The minimum Gasteiger partial charge on any atom is -0.482 e. The standard InChI is InChI=1S/C14H11F3N2O4/c15-14(16,17)9-23-13-6-5-10(7-18-13)8-22-12-4-2-1-3-11(12)19(20)21/h1-7H,8-9H2. The van der Waals surface area contributed by atoms with Crippen LogP contribution in [-0.4, -0.2) is 22.7 Å². The van der Waals surface area contributed by atoms with E-state index in [1.807, 2.05) is 0 Å². The number of nitrogens with zero attached hydrogens (tertiary/aromatic N) is 2. The first-order valence-electron chi connectivity index (χ1n) is 6.36. The third-order valence-electron chi connectivity index (χ3n) is 2.64. The summed E-state index contributed by atoms with van der Waals surface area (Å²) in [5.41, 5.74) is 0.355. The van der Waals surface area contributed by atoms with E-state index in [0.29, 0.717) is 5.56 Å². The van der Waals surface area contributed by atoms with Crippen molar-refractivity contribution in [2.45, 2.75) is 12.8 Å². The molecule has 1 aromatic carbocycles. The normalized spacial score (nSPS) is 11.1. The van der Waals surface area contributed by atoms with Gasteiger partial charge in [0.15, 0.2) is 12.4 Å². The predicted molar refractivity (Wildman–Crippen MR) is 73.2 cm³/mol. The summed E-state index contributed by atoms with van der Waals surface area (Å²) in [6.45, 7) is -1.44. The highest BCUT2D eigenvalue weighted by molar-refractivity contribution is 5.45. The van der Waals surface area contributed by atoms with E-state index in [-0.39, 0.29) is 23.9 Å². The quantitative estimate of drug-likeness (QED) is 0.599. The molecule has 0 radical (unpaired) electrons. The SMILES string of the molecule is O=[N+]([O-])c1ccccc1OCc1ccc(OCC(F)(F)F)nc1. The minimum atomic E-state index is -4.43. The molecule has 0 aliphatic rings. The molecule has 0 fully saturated rings. The molecule has 0 atom stereocenters. The van der Waals surface area contributed by atoms with Crippen LogP contribution >= 0.6 is 0 Å². The number of aromatic nitrogens is 1. The Kier molecular flexibility index (Phi) is 4.99. The van der Waals surface area contributed by atoms with Crippen LogP contribution in [0, 0.1) is 10.1 Å². The fourth-order valence-corrected chi connectivity index (χ4v) is 1.63. The molecule has 0 amide bonds. The van der Waals surface area contributed by atoms with Gasteiger partial charge in [0, 0.05) is 23.9 Å². The topological polar surface area (TPSA) is 74.5 Å². The van der Waals surface area contributed by atoms with E-state index in [4.69, 9.17) is 4.74 Å². The Morgan fingerprint density at radius 2 is 1.87 bits per heavy atom. The van der Waals surface area contributed by atoms with Gasteiger partial charge < -0.3 is 9.47 Å². The lowest BCUT2D eigenvalue weighted by Gasteiger charge is -2.09. The zero-order chi connectivity index (χ0) is 16.9. The molecule has 0 spiro atoms. The third-order valence-corrected chi connectivity index (χ3v) is 2.64. The average Bonchev–Trinajstić information content (AvgIpc) is 2.51. The highest BCUT2D eigenvalue weighted by Crippen LogP contribution is 2.26. The Morgan fingerprint density at radius 1 is 1.13 bits per heavy atom. The molecule has 6 nitrogen and oxygen atoms in total. The Bertz CT molecular complexity index is 674. The molecule has 122 valence electrons. The number of pyridine rings is 1. The van der Waals surface area contributed by atoms with Crippen LogP contribution < -0.4 is 9.47 Å². The zero-order valence-electron chi connectivity index (χ0n) is 11.6. The van der Waals surface area contributed by atoms with Crippen molar-refractivity contribution in [3.05, 3.63) is 58.3 Å². The largest absolute Gasteiger partial charge is 0.482 e. The predicted octanol–water partition coefficient (Wildman–Crippen LogP) is 3.51. The molecule has 1 heterocycles. The van der Waals surface area contributed by atoms with Crippen LogP contribution in [0.2, 0.25) is 0 Å². The lowest BCUT2D eigenvalue weighted by Crippen LogP contribution is -2.19. The van der Waals surface area contributed by atoms with E-state index >= 15 is 0 Å². The van der Waals surface area contributed by atoms with Gasteiger partial charge in [-0.15, -0.1) is 0 Å². The van der Waals surface area contributed by atoms with E-state index < -0.39 is 17.7 Å². The number of halogens is 3. The van der Waals surface area contributed by atoms with Crippen molar-refractivity contribution in [3.8, 4) is 11.6 Å². The number of alkyl halides is 3. The van der Waals surface area contributed by atoms with Crippen LogP contribution in [0.25, 0.3) is 0 Å². The van der Waals surface area contributed by atoms with E-state index in [9.17, 15) is 23.3 Å². The summed E-state index contributed by atoms with van der Waals surface area (Å²) < 4.78 is 45.8. The Morgan fingerprint density at radius 3 is 2.48 bits per heavy atom. The van der Waals surface area contributed by atoms with Crippen molar-refractivity contribution < 1.29 is 27.6 Å². The summed E-state index contributed by atoms with van der Waals surface area (Å²) in [4.78, 5) is 14.0. The number of nitro benzene ring substituents is 1. The molecule has 0 bridgehead atoms. The number of benzene rings is 1. The molecule has 9 heteroatoms. The van der Waals surface area contributed by atoms with Gasteiger partial charge in [0.1, 0.15) is 6.61 Å². The van der Waals surface area contributed by atoms with Crippen molar-refractivity contribution in [2.24, 2.45) is 0 Å². The summed E-state index contributed by atoms with van der Waals surface area (Å²) in [7, 11) is 0. The summed E-state index contributed by atoms with van der Waals surface area (Å²) in [6.07, 6.45) is -3.16. The molecular formula is C14H11F3N2O4. The Balaban J connectivity index is 1.96. The molecule has 2 aromatic rings. The molecule has 2 rings (SSSR count). The Labute approximate surface area is 128 Å². The number of para-hydroxylation sites is 2. The number of hydrogen-bond acceptors (Lipinski definition) is 5. The van der Waals surface area contributed by atoms with Crippen molar-refractivity contribution in [3.63, 3.8) is 0 Å². The van der Waals surface area contributed by atoms with E-state index in [0.717, 1.165) is 0 Å². The van der Waals surface area contributed by atoms with Gasteiger partial charge in [0.05, 0.1) is 4.92 Å². The summed E-state index contributed by atoms with van der Waals surface area (Å²) in [5.74, 6) is -0.0772. The molecule has 1 aromatic heterocycles. The van der Waals surface area contributed by atoms with E-state index in [1.54, 1.807) is 6.07 Å². The fourth-order valence-electron chi connectivity index (χ4n) is 1.63. The second-order valence-electron chi connectivity index (χ2n) is 4.42. The van der Waals surface area contributed by atoms with Crippen molar-refractivity contribution in [1.29, 1.82) is 0 Å². The van der Waals surface area contributed by atoms with E-state index in [1.165, 1.54) is 36.5 Å². The van der Waals surface area contributed by atoms with Crippen LogP contribution in [0.3, 0.4) is 0 Å². The first-order valence-corrected chi connectivity index (χ1v) is 6.36. The average molecular weight is 328 g/mol. The van der Waals surface area contributed by atoms with Crippen LogP contribution in [0.4, 0.5) is 18.9 Å². The number of nitro groups is 1. The molecular weight excluding hydrogens is 317 g/mol. The van der Waals surface area contributed by atoms with Gasteiger partial charge in [-0.05, 0) is 12.1 Å². The molecule has 0 saturated carbocycles. The second-order valence-corrected chi connectivity index (χ2v) is 4.42. The van der Waals surface area contributed by atoms with Gasteiger partial charge in [0.25, 0.3) is 0 Å². The van der Waals surface area contributed by atoms with Gasteiger partial charge in [-0.3, -0.25) is 10.1 Å². The van der Waals surface area contributed by atoms with Crippen LogP contribution in [0.5, 0.6) is 11.6 Å². The van der Waals surface area contributed by atoms with Crippen LogP contribution in [0.15, 0.2) is 42.6 Å². The van der Waals surface area contributed by atoms with E-state index in [2.05, 4.69) is 9.72 Å². The number of rotatable bonds is 6. The molecule has 0 aliphatic heterocycles. The zero-order valence-corrected chi connectivity index (χ0v) is 11.6. The van der Waals surface area contributed by atoms with Crippen molar-refractivity contribution in [1.82, 2.24) is 4.98 Å².